The smallest absolute Gasteiger partial charge is 0.306 e. The Kier molecular flexibility index (Phi) is 47.5. The Morgan fingerprint density at radius 1 is 0.349 bits per heavy atom. The highest BCUT2D eigenvalue weighted by molar-refractivity contribution is 5.71. The van der Waals surface area contributed by atoms with E-state index in [2.05, 4.69) is 130 Å². The van der Waals surface area contributed by atoms with Gasteiger partial charge >= 0.3 is 17.9 Å². The molecule has 0 radical (unpaired) electrons. The predicted octanol–water partition coefficient (Wildman–Crippen LogP) is 16.8. The highest BCUT2D eigenvalue weighted by atomic mass is 16.6. The molecule has 0 aromatic carbocycles. The van der Waals surface area contributed by atoms with Gasteiger partial charge in [0.05, 0.1) is 0 Å². The molecule has 0 aliphatic rings. The Hall–Kier alpha value is -3.93. The van der Waals surface area contributed by atoms with E-state index in [1.54, 1.807) is 0 Å². The fraction of sp³-hybridized carbons (Fsp3) is 0.632. The van der Waals surface area contributed by atoms with E-state index in [9.17, 15) is 14.4 Å². The second-order valence-electron chi connectivity index (χ2n) is 16.5. The number of carbonyl (C=O) groups is 3. The average Bonchev–Trinajstić information content (AvgIpc) is 3.28. The van der Waals surface area contributed by atoms with Crippen LogP contribution in [0.15, 0.2) is 109 Å². The van der Waals surface area contributed by atoms with E-state index in [1.165, 1.54) is 44.9 Å². The molecule has 0 saturated heterocycles. The Balaban J connectivity index is 4.49. The molecule has 0 rings (SSSR count). The van der Waals surface area contributed by atoms with Gasteiger partial charge in [-0.1, -0.05) is 207 Å². The first kappa shape index (κ1) is 59.1. The first-order valence-electron chi connectivity index (χ1n) is 25.5. The first-order chi connectivity index (χ1) is 31.0. The van der Waals surface area contributed by atoms with Gasteiger partial charge in [-0.05, 0) is 96.3 Å². The van der Waals surface area contributed by atoms with Crippen LogP contribution < -0.4 is 0 Å². The number of carbonyl (C=O) groups excluding carboxylic acids is 3. The van der Waals surface area contributed by atoms with Crippen molar-refractivity contribution in [2.45, 2.75) is 219 Å². The van der Waals surface area contributed by atoms with Crippen LogP contribution in [0.1, 0.15) is 213 Å². The van der Waals surface area contributed by atoms with Gasteiger partial charge in [-0.3, -0.25) is 14.4 Å². The number of unbranched alkanes of at least 4 members (excludes halogenated alkanes) is 19. The summed E-state index contributed by atoms with van der Waals surface area (Å²) in [6.07, 6.45) is 67.8. The monoisotopic (exact) mass is 873 g/mol. The quantitative estimate of drug-likeness (QED) is 0.0199. The first-order valence-corrected chi connectivity index (χ1v) is 25.5. The molecule has 0 bridgehead atoms. The molecule has 63 heavy (non-hydrogen) atoms. The molecule has 0 fully saturated rings. The molecule has 1 unspecified atom stereocenters. The molecule has 0 aliphatic carbocycles. The van der Waals surface area contributed by atoms with Crippen molar-refractivity contribution in [3.05, 3.63) is 109 Å². The lowest BCUT2D eigenvalue weighted by Gasteiger charge is -2.18. The molecule has 0 amide bonds. The van der Waals surface area contributed by atoms with Gasteiger partial charge in [-0.15, -0.1) is 0 Å². The molecule has 0 saturated carbocycles. The Labute approximate surface area is 387 Å². The second kappa shape index (κ2) is 50.7. The highest BCUT2D eigenvalue weighted by Crippen LogP contribution is 2.13. The molecule has 0 heterocycles. The molecule has 0 spiro atoms. The summed E-state index contributed by atoms with van der Waals surface area (Å²) >= 11 is 0. The third-order valence-electron chi connectivity index (χ3n) is 10.4. The lowest BCUT2D eigenvalue weighted by Crippen LogP contribution is -2.30. The van der Waals surface area contributed by atoms with Crippen LogP contribution in [-0.4, -0.2) is 37.2 Å². The van der Waals surface area contributed by atoms with Crippen molar-refractivity contribution < 1.29 is 28.6 Å². The van der Waals surface area contributed by atoms with Crippen LogP contribution in [0.4, 0.5) is 0 Å². The van der Waals surface area contributed by atoms with Crippen molar-refractivity contribution in [3.63, 3.8) is 0 Å². The summed E-state index contributed by atoms with van der Waals surface area (Å²) in [5.74, 6) is -0.976. The summed E-state index contributed by atoms with van der Waals surface area (Å²) < 4.78 is 16.7. The number of hydrogen-bond acceptors (Lipinski definition) is 6. The minimum atomic E-state index is -0.807. The minimum Gasteiger partial charge on any atom is -0.462 e. The number of ether oxygens (including phenoxy) is 3. The zero-order valence-electron chi connectivity index (χ0n) is 40.5. The lowest BCUT2D eigenvalue weighted by atomic mass is 10.1. The van der Waals surface area contributed by atoms with E-state index in [1.807, 2.05) is 0 Å². The SMILES string of the molecule is CC/C=C\C/C=C\C/C=C\CCCCCCCCC(=O)OC(COC(=O)CCCCC/C=C\C=C/CCCC)COC(=O)CCCCCCC\C=C/C=C\C=C/C=C\CCCCC. The van der Waals surface area contributed by atoms with Gasteiger partial charge in [0.1, 0.15) is 13.2 Å². The molecule has 0 aliphatic heterocycles. The fourth-order valence-corrected chi connectivity index (χ4v) is 6.50. The number of rotatable bonds is 44. The lowest BCUT2D eigenvalue weighted by molar-refractivity contribution is -0.167. The van der Waals surface area contributed by atoms with Crippen molar-refractivity contribution in [1.82, 2.24) is 0 Å². The molecule has 1 atom stereocenters. The summed E-state index contributed by atoms with van der Waals surface area (Å²) in [6, 6.07) is 0. The third kappa shape index (κ3) is 49.0. The van der Waals surface area contributed by atoms with Crippen molar-refractivity contribution in [2.75, 3.05) is 13.2 Å². The average molecular weight is 873 g/mol. The molecule has 0 aromatic rings. The number of hydrogen-bond donors (Lipinski definition) is 0. The Bertz CT molecular complexity index is 1330. The van der Waals surface area contributed by atoms with E-state index in [0.29, 0.717) is 19.3 Å². The van der Waals surface area contributed by atoms with Crippen LogP contribution in [-0.2, 0) is 28.6 Å². The molecule has 0 N–H and O–H groups in total. The van der Waals surface area contributed by atoms with Crippen LogP contribution in [0.5, 0.6) is 0 Å². The molecule has 0 aromatic heterocycles. The molecule has 6 nitrogen and oxygen atoms in total. The molecular formula is C57H92O6. The van der Waals surface area contributed by atoms with Gasteiger partial charge in [-0.2, -0.15) is 0 Å². The predicted molar refractivity (Wildman–Crippen MR) is 270 cm³/mol. The van der Waals surface area contributed by atoms with E-state index in [0.717, 1.165) is 128 Å². The highest BCUT2D eigenvalue weighted by Gasteiger charge is 2.19. The summed E-state index contributed by atoms with van der Waals surface area (Å²) in [5.41, 5.74) is 0. The summed E-state index contributed by atoms with van der Waals surface area (Å²) in [6.45, 7) is 6.36. The molecule has 6 heteroatoms. The minimum absolute atomic E-state index is 0.107. The van der Waals surface area contributed by atoms with Crippen molar-refractivity contribution in [1.29, 1.82) is 0 Å². The van der Waals surface area contributed by atoms with E-state index in [4.69, 9.17) is 14.2 Å². The maximum Gasteiger partial charge on any atom is 0.306 e. The largest absolute Gasteiger partial charge is 0.462 e. The fourth-order valence-electron chi connectivity index (χ4n) is 6.50. The topological polar surface area (TPSA) is 78.9 Å². The van der Waals surface area contributed by atoms with Gasteiger partial charge in [0.25, 0.3) is 0 Å². The van der Waals surface area contributed by atoms with E-state index >= 15 is 0 Å². The maximum atomic E-state index is 12.8. The molecular weight excluding hydrogens is 781 g/mol. The Morgan fingerprint density at radius 2 is 0.698 bits per heavy atom. The van der Waals surface area contributed by atoms with Crippen LogP contribution in [0.25, 0.3) is 0 Å². The third-order valence-corrected chi connectivity index (χ3v) is 10.4. The second-order valence-corrected chi connectivity index (χ2v) is 16.5. The van der Waals surface area contributed by atoms with Crippen LogP contribution >= 0.6 is 0 Å². The molecule has 356 valence electrons. The number of esters is 3. The van der Waals surface area contributed by atoms with Gasteiger partial charge < -0.3 is 14.2 Å². The van der Waals surface area contributed by atoms with E-state index in [-0.39, 0.29) is 31.1 Å². The maximum absolute atomic E-state index is 12.8. The standard InChI is InChI=1S/C57H92O6/c1-4-7-10-13-16-19-22-24-26-28-29-31-32-35-38-41-44-47-50-56(59)62-53-54(52-61-55(58)49-46-43-40-37-34-21-18-15-12-9-6-3)63-57(60)51-48-45-42-39-36-33-30-27-25-23-20-17-14-11-8-5-2/h8,11,15-22,24-29,31,34,54H,4-7,9-10,12-14,23,30,32-33,35-53H2,1-3H3/b11-8-,18-15-,19-16-,20-17-,24-22-,27-25-,28-26-,31-29-,34-21-. The normalized spacial score (nSPS) is 13.0. The van der Waals surface area contributed by atoms with Gasteiger partial charge in [0.15, 0.2) is 6.10 Å². The van der Waals surface area contributed by atoms with E-state index < -0.39 is 6.10 Å². The summed E-state index contributed by atoms with van der Waals surface area (Å²) in [7, 11) is 0. The van der Waals surface area contributed by atoms with Gasteiger partial charge in [0, 0.05) is 19.3 Å². The number of allylic oxidation sites excluding steroid dienone is 18. The van der Waals surface area contributed by atoms with Gasteiger partial charge in [-0.25, -0.2) is 0 Å². The summed E-state index contributed by atoms with van der Waals surface area (Å²) in [5, 5.41) is 0. The van der Waals surface area contributed by atoms with Crippen molar-refractivity contribution in [2.24, 2.45) is 0 Å². The summed E-state index contributed by atoms with van der Waals surface area (Å²) in [4.78, 5) is 37.9. The van der Waals surface area contributed by atoms with Crippen molar-refractivity contribution >= 4 is 17.9 Å². The Morgan fingerprint density at radius 3 is 1.19 bits per heavy atom. The zero-order valence-corrected chi connectivity index (χ0v) is 40.5. The van der Waals surface area contributed by atoms with Crippen molar-refractivity contribution in [3.8, 4) is 0 Å². The zero-order chi connectivity index (χ0) is 45.8. The van der Waals surface area contributed by atoms with Gasteiger partial charge in [0.2, 0.25) is 0 Å². The van der Waals surface area contributed by atoms with Crippen LogP contribution in [0, 0.1) is 0 Å². The van der Waals surface area contributed by atoms with Crippen LogP contribution in [0.2, 0.25) is 0 Å². The van der Waals surface area contributed by atoms with Crippen LogP contribution in [0.3, 0.4) is 0 Å².